The lowest BCUT2D eigenvalue weighted by Gasteiger charge is -2.35. The van der Waals surface area contributed by atoms with Crippen molar-refractivity contribution in [2.24, 2.45) is 0 Å². The highest BCUT2D eigenvalue weighted by Crippen LogP contribution is 2.17. The molecular weight excluding hydrogens is 394 g/mol. The lowest BCUT2D eigenvalue weighted by molar-refractivity contribution is 0.0746. The van der Waals surface area contributed by atoms with Crippen LogP contribution in [0.2, 0.25) is 0 Å². The normalized spacial score (nSPS) is 14.1. The Balaban J connectivity index is 1.20. The van der Waals surface area contributed by atoms with Crippen LogP contribution in [0.5, 0.6) is 0 Å². The number of hydrogen-bond donors (Lipinski definition) is 0. The van der Waals surface area contributed by atoms with Gasteiger partial charge >= 0.3 is 0 Å². The predicted octanol–water partition coefficient (Wildman–Crippen LogP) is 1.26. The molecule has 1 amide bonds. The highest BCUT2D eigenvalue weighted by atomic mass is 16.2. The van der Waals surface area contributed by atoms with Crippen molar-refractivity contribution in [3.63, 3.8) is 0 Å². The van der Waals surface area contributed by atoms with Gasteiger partial charge < -0.3 is 14.4 Å². The summed E-state index contributed by atoms with van der Waals surface area (Å²) in [7, 11) is 0. The van der Waals surface area contributed by atoms with Crippen LogP contribution in [0.3, 0.4) is 0 Å². The molecule has 1 aliphatic rings. The molecule has 0 aliphatic carbocycles. The molecule has 10 heteroatoms. The molecule has 5 rings (SSSR count). The third-order valence-corrected chi connectivity index (χ3v) is 5.31. The Morgan fingerprint density at radius 2 is 1.71 bits per heavy atom. The molecule has 1 aliphatic heterocycles. The summed E-state index contributed by atoms with van der Waals surface area (Å²) in [5.74, 6) is 1.54. The highest BCUT2D eigenvalue weighted by molar-refractivity contribution is 5.94. The van der Waals surface area contributed by atoms with E-state index < -0.39 is 0 Å². The van der Waals surface area contributed by atoms with Gasteiger partial charge in [0.05, 0.1) is 6.33 Å². The number of imidazole rings is 1. The van der Waals surface area contributed by atoms with Gasteiger partial charge in [-0.05, 0) is 17.7 Å². The molecule has 0 saturated carbocycles. The number of carbonyl (C=O) groups excluding carboxylic acids is 1. The van der Waals surface area contributed by atoms with Crippen LogP contribution in [-0.4, -0.2) is 71.3 Å². The third-order valence-electron chi connectivity index (χ3n) is 5.31. The molecule has 1 fully saturated rings. The largest absolute Gasteiger partial charge is 0.353 e. The fourth-order valence-corrected chi connectivity index (χ4v) is 3.63. The van der Waals surface area contributed by atoms with E-state index in [1.165, 1.54) is 12.7 Å². The van der Waals surface area contributed by atoms with Gasteiger partial charge in [0, 0.05) is 56.7 Å². The second kappa shape index (κ2) is 8.34. The van der Waals surface area contributed by atoms with Crippen LogP contribution in [0.4, 0.5) is 5.82 Å². The Labute approximate surface area is 178 Å². The first-order valence-corrected chi connectivity index (χ1v) is 10.0. The molecule has 0 N–H and O–H groups in total. The zero-order valence-electron chi connectivity index (χ0n) is 16.8. The Hall–Kier alpha value is -4.08. The molecular formula is C21H21N9O. The topological polar surface area (TPSA) is 97.9 Å². The van der Waals surface area contributed by atoms with Gasteiger partial charge in [-0.15, -0.1) is 0 Å². The van der Waals surface area contributed by atoms with Gasteiger partial charge in [-0.25, -0.2) is 24.6 Å². The summed E-state index contributed by atoms with van der Waals surface area (Å²) in [6.07, 6.45) is 10.1. The van der Waals surface area contributed by atoms with Crippen molar-refractivity contribution >= 4 is 11.7 Å². The maximum Gasteiger partial charge on any atom is 0.253 e. The van der Waals surface area contributed by atoms with Crippen LogP contribution in [0, 0.1) is 0 Å². The Bertz CT molecular complexity index is 1130. The fourth-order valence-electron chi connectivity index (χ4n) is 3.63. The van der Waals surface area contributed by atoms with E-state index in [9.17, 15) is 4.79 Å². The molecule has 156 valence electrons. The number of carbonyl (C=O) groups is 1. The molecule has 4 aromatic rings. The van der Waals surface area contributed by atoms with E-state index in [4.69, 9.17) is 0 Å². The van der Waals surface area contributed by atoms with E-state index in [1.807, 2.05) is 46.0 Å². The van der Waals surface area contributed by atoms with E-state index in [2.05, 4.69) is 29.9 Å². The first kappa shape index (κ1) is 18.9. The number of nitrogens with zero attached hydrogens (tertiary/aromatic N) is 9. The van der Waals surface area contributed by atoms with E-state index in [0.29, 0.717) is 37.6 Å². The molecule has 0 spiro atoms. The predicted molar refractivity (Wildman–Crippen MR) is 113 cm³/mol. The zero-order valence-corrected chi connectivity index (χ0v) is 16.8. The average molecular weight is 415 g/mol. The van der Waals surface area contributed by atoms with Gasteiger partial charge in [0.1, 0.15) is 24.8 Å². The number of amides is 1. The van der Waals surface area contributed by atoms with Crippen LogP contribution in [0.25, 0.3) is 5.82 Å². The number of rotatable bonds is 5. The summed E-state index contributed by atoms with van der Waals surface area (Å²) in [6, 6.07) is 9.67. The smallest absolute Gasteiger partial charge is 0.253 e. The Morgan fingerprint density at radius 1 is 0.903 bits per heavy atom. The van der Waals surface area contributed by atoms with Crippen LogP contribution in [0.1, 0.15) is 15.9 Å². The van der Waals surface area contributed by atoms with Gasteiger partial charge in [-0.1, -0.05) is 12.1 Å². The van der Waals surface area contributed by atoms with Crippen molar-refractivity contribution in [3.05, 3.63) is 79.2 Å². The number of aromatic nitrogens is 7. The molecule has 1 aromatic carbocycles. The molecule has 0 unspecified atom stereocenters. The Morgan fingerprint density at radius 3 is 2.42 bits per heavy atom. The first-order valence-electron chi connectivity index (χ1n) is 10.0. The van der Waals surface area contributed by atoms with Gasteiger partial charge in [0.15, 0.2) is 5.82 Å². The van der Waals surface area contributed by atoms with Crippen molar-refractivity contribution in [1.82, 2.24) is 39.2 Å². The molecule has 1 saturated heterocycles. The number of anilines is 1. The maximum atomic E-state index is 12.9. The second-order valence-electron chi connectivity index (χ2n) is 7.29. The monoisotopic (exact) mass is 415 g/mol. The summed E-state index contributed by atoms with van der Waals surface area (Å²) >= 11 is 0. The van der Waals surface area contributed by atoms with Crippen molar-refractivity contribution < 1.29 is 4.79 Å². The fraction of sp³-hybridized carbons (Fsp3) is 0.238. The Kier molecular flexibility index (Phi) is 5.09. The minimum absolute atomic E-state index is 0.0554. The van der Waals surface area contributed by atoms with Gasteiger partial charge in [0.25, 0.3) is 5.91 Å². The van der Waals surface area contributed by atoms with Gasteiger partial charge in [-0.3, -0.25) is 4.79 Å². The van der Waals surface area contributed by atoms with Crippen molar-refractivity contribution in [1.29, 1.82) is 0 Å². The summed E-state index contributed by atoms with van der Waals surface area (Å²) in [5.41, 5.74) is 1.84. The molecule has 0 radical (unpaired) electrons. The quantitative estimate of drug-likeness (QED) is 0.484. The molecule has 4 heterocycles. The zero-order chi connectivity index (χ0) is 21.0. The highest BCUT2D eigenvalue weighted by Gasteiger charge is 2.23. The van der Waals surface area contributed by atoms with Crippen molar-refractivity contribution in [3.8, 4) is 5.82 Å². The van der Waals surface area contributed by atoms with E-state index in [0.717, 1.165) is 17.9 Å². The number of benzene rings is 1. The standard InChI is InChI=1S/C21H21N9O/c31-21(18-3-1-17(2-4-18)12-27-6-5-22-15-27)29-9-7-28(8-10-29)19-11-20(25-14-24-19)30-16-23-13-26-30/h1-6,11,13-16H,7-10,12H2. The van der Waals surface area contributed by atoms with Crippen molar-refractivity contribution in [2.75, 3.05) is 31.1 Å². The van der Waals surface area contributed by atoms with Crippen LogP contribution in [-0.2, 0) is 6.54 Å². The lowest BCUT2D eigenvalue weighted by atomic mass is 10.1. The van der Waals surface area contributed by atoms with Crippen LogP contribution >= 0.6 is 0 Å². The molecule has 31 heavy (non-hydrogen) atoms. The summed E-state index contributed by atoms with van der Waals surface area (Å²) < 4.78 is 3.60. The summed E-state index contributed by atoms with van der Waals surface area (Å²) in [6.45, 7) is 3.43. The number of piperazine rings is 1. The molecule has 0 bridgehead atoms. The van der Waals surface area contributed by atoms with Gasteiger partial charge in [0.2, 0.25) is 0 Å². The molecule has 0 atom stereocenters. The van der Waals surface area contributed by atoms with Crippen LogP contribution < -0.4 is 4.90 Å². The van der Waals surface area contributed by atoms with Gasteiger partial charge in [-0.2, -0.15) is 5.10 Å². The van der Waals surface area contributed by atoms with Crippen molar-refractivity contribution in [2.45, 2.75) is 6.54 Å². The minimum atomic E-state index is 0.0554. The summed E-state index contributed by atoms with van der Waals surface area (Å²) in [4.78, 5) is 33.6. The third kappa shape index (κ3) is 4.13. The van der Waals surface area contributed by atoms with Crippen LogP contribution in [0.15, 0.2) is 68.0 Å². The maximum absolute atomic E-state index is 12.9. The average Bonchev–Trinajstić information content (AvgIpc) is 3.54. The first-order chi connectivity index (χ1) is 15.3. The SMILES string of the molecule is O=C(c1ccc(Cn2ccnc2)cc1)N1CCN(c2cc(-n3cncn3)ncn2)CC1. The second-order valence-corrected chi connectivity index (χ2v) is 7.29. The number of hydrogen-bond acceptors (Lipinski definition) is 7. The summed E-state index contributed by atoms with van der Waals surface area (Å²) in [5, 5.41) is 4.11. The van der Waals surface area contributed by atoms with E-state index in [1.54, 1.807) is 23.5 Å². The van der Waals surface area contributed by atoms with E-state index >= 15 is 0 Å². The minimum Gasteiger partial charge on any atom is -0.353 e. The van der Waals surface area contributed by atoms with E-state index in [-0.39, 0.29) is 5.91 Å². The molecule has 3 aromatic heterocycles. The molecule has 10 nitrogen and oxygen atoms in total. The lowest BCUT2D eigenvalue weighted by Crippen LogP contribution is -2.49.